The van der Waals surface area contributed by atoms with Crippen LogP contribution in [0.5, 0.6) is 11.5 Å². The number of aliphatic hydroxyl groups is 1. The van der Waals surface area contributed by atoms with Crippen LogP contribution in [0.2, 0.25) is 0 Å². The van der Waals surface area contributed by atoms with Crippen molar-refractivity contribution in [2.75, 3.05) is 39.5 Å². The van der Waals surface area contributed by atoms with Gasteiger partial charge in [-0.2, -0.15) is 0 Å². The fourth-order valence-electron chi connectivity index (χ4n) is 5.56. The predicted molar refractivity (Wildman–Crippen MR) is 138 cm³/mol. The van der Waals surface area contributed by atoms with Crippen molar-refractivity contribution in [3.8, 4) is 11.5 Å². The monoisotopic (exact) mass is 530 g/mol. The van der Waals surface area contributed by atoms with E-state index in [0.717, 1.165) is 18.4 Å². The Bertz CT molecular complexity index is 1120. The summed E-state index contributed by atoms with van der Waals surface area (Å²) >= 11 is 0. The predicted octanol–water partition coefficient (Wildman–Crippen LogP) is 1.89. The Hall–Kier alpha value is -3.15. The Labute approximate surface area is 222 Å². The number of carbonyl (C=O) groups excluding carboxylic acids is 1. The van der Waals surface area contributed by atoms with Crippen LogP contribution in [0.4, 0.5) is 0 Å². The molecule has 1 aromatic heterocycles. The Kier molecular flexibility index (Phi) is 9.24. The summed E-state index contributed by atoms with van der Waals surface area (Å²) in [5.41, 5.74) is 7.06. The van der Waals surface area contributed by atoms with E-state index in [4.69, 9.17) is 19.6 Å². The lowest BCUT2D eigenvalue weighted by Gasteiger charge is -2.29. The summed E-state index contributed by atoms with van der Waals surface area (Å²) in [4.78, 5) is 34.1. The number of nitrogens with zero attached hydrogens (tertiary/aromatic N) is 3. The molecule has 0 bridgehead atoms. The number of unbranched alkanes of at least 4 members (excludes halogenated alkanes) is 1. The second kappa shape index (κ2) is 12.6. The summed E-state index contributed by atoms with van der Waals surface area (Å²) < 4.78 is 16.7. The molecular formula is C27H38N4O7. The Morgan fingerprint density at radius 2 is 2.08 bits per heavy atom. The number of hydrogen-bond donors (Lipinski definition) is 3. The van der Waals surface area contributed by atoms with E-state index in [0.29, 0.717) is 67.7 Å². The van der Waals surface area contributed by atoms with Crippen molar-refractivity contribution in [3.05, 3.63) is 41.1 Å². The maximum absolute atomic E-state index is 13.4. The van der Waals surface area contributed by atoms with Crippen LogP contribution in [0.3, 0.4) is 0 Å². The molecule has 1 amide bonds. The van der Waals surface area contributed by atoms with Crippen molar-refractivity contribution >= 4 is 11.9 Å². The molecule has 0 unspecified atom stereocenters. The lowest BCUT2D eigenvalue weighted by Crippen LogP contribution is -2.45. The van der Waals surface area contributed by atoms with E-state index in [9.17, 15) is 19.8 Å². The molecule has 0 radical (unpaired) electrons. The molecule has 208 valence electrons. The molecule has 0 saturated carbocycles. The first-order chi connectivity index (χ1) is 18.4. The second-order valence-corrected chi connectivity index (χ2v) is 9.97. The van der Waals surface area contributed by atoms with E-state index in [1.165, 1.54) is 0 Å². The Morgan fingerprint density at radius 3 is 2.74 bits per heavy atom. The van der Waals surface area contributed by atoms with Gasteiger partial charge in [-0.05, 0) is 37.5 Å². The molecule has 2 aliphatic rings. The number of amides is 1. The van der Waals surface area contributed by atoms with Crippen molar-refractivity contribution in [2.24, 2.45) is 11.7 Å². The third kappa shape index (κ3) is 6.11. The Morgan fingerprint density at radius 1 is 1.26 bits per heavy atom. The zero-order valence-corrected chi connectivity index (χ0v) is 22.1. The van der Waals surface area contributed by atoms with Gasteiger partial charge in [0.15, 0.2) is 17.4 Å². The second-order valence-electron chi connectivity index (χ2n) is 9.97. The molecule has 1 fully saturated rings. The van der Waals surface area contributed by atoms with Crippen LogP contribution < -0.4 is 15.2 Å². The van der Waals surface area contributed by atoms with Gasteiger partial charge in [0.2, 0.25) is 12.7 Å². The van der Waals surface area contributed by atoms with Crippen LogP contribution in [0.15, 0.2) is 22.7 Å². The van der Waals surface area contributed by atoms with Gasteiger partial charge in [-0.15, -0.1) is 0 Å². The minimum Gasteiger partial charge on any atom is -0.481 e. The van der Waals surface area contributed by atoms with Gasteiger partial charge in [-0.1, -0.05) is 13.3 Å². The molecule has 11 nitrogen and oxygen atoms in total. The highest BCUT2D eigenvalue weighted by molar-refractivity contribution is 5.79. The maximum atomic E-state index is 13.4. The number of aliphatic hydroxyl groups excluding tert-OH is 1. The van der Waals surface area contributed by atoms with E-state index in [-0.39, 0.29) is 25.9 Å². The summed E-state index contributed by atoms with van der Waals surface area (Å²) in [5.74, 6) is -0.00239. The Balaban J connectivity index is 1.64. The largest absolute Gasteiger partial charge is 0.481 e. The van der Waals surface area contributed by atoms with Crippen molar-refractivity contribution in [3.63, 3.8) is 0 Å². The molecule has 3 atom stereocenters. The number of nitrogens with two attached hydrogens (primary N) is 1. The first-order valence-corrected chi connectivity index (χ1v) is 13.3. The number of hydrogen-bond acceptors (Lipinski definition) is 9. The smallest absolute Gasteiger partial charge is 0.308 e. The lowest BCUT2D eigenvalue weighted by molar-refractivity contribution is -0.143. The van der Waals surface area contributed by atoms with Crippen molar-refractivity contribution in [1.82, 2.24) is 14.8 Å². The van der Waals surface area contributed by atoms with E-state index in [1.54, 1.807) is 23.2 Å². The SMILES string of the molecule is CCCCN(CCN)C(=O)CN1C[C@H](c2cc(CO)c3c(c2)OCO3)[C@@H](C(=O)O)[C@@H]1CCc1ncc(C)o1. The number of aliphatic carboxylic acids is 1. The van der Waals surface area contributed by atoms with Crippen LogP contribution in [-0.2, 0) is 22.6 Å². The molecule has 1 aromatic carbocycles. The molecule has 2 aromatic rings. The number of carbonyl (C=O) groups is 2. The molecule has 2 aliphatic heterocycles. The van der Waals surface area contributed by atoms with Gasteiger partial charge in [-0.3, -0.25) is 14.5 Å². The van der Waals surface area contributed by atoms with E-state index < -0.39 is 23.8 Å². The number of carboxylic acid groups (broad SMARTS) is 1. The van der Waals surface area contributed by atoms with Gasteiger partial charge in [0.25, 0.3) is 0 Å². The van der Waals surface area contributed by atoms with Gasteiger partial charge in [0.1, 0.15) is 5.76 Å². The molecule has 11 heteroatoms. The molecule has 0 aliphatic carbocycles. The summed E-state index contributed by atoms with van der Waals surface area (Å²) in [5, 5.41) is 20.3. The zero-order chi connectivity index (χ0) is 27.2. The number of aromatic nitrogens is 1. The van der Waals surface area contributed by atoms with Gasteiger partial charge in [-0.25, -0.2) is 4.98 Å². The quantitative estimate of drug-likeness (QED) is 0.350. The van der Waals surface area contributed by atoms with Crippen LogP contribution in [0.25, 0.3) is 0 Å². The van der Waals surface area contributed by atoms with E-state index >= 15 is 0 Å². The normalized spacial score (nSPS) is 20.7. The van der Waals surface area contributed by atoms with E-state index in [1.807, 2.05) is 11.8 Å². The number of rotatable bonds is 13. The molecule has 4 rings (SSSR count). The van der Waals surface area contributed by atoms with Gasteiger partial charge >= 0.3 is 5.97 Å². The minimum absolute atomic E-state index is 0.0480. The molecule has 4 N–H and O–H groups in total. The maximum Gasteiger partial charge on any atom is 0.308 e. The minimum atomic E-state index is -0.938. The fraction of sp³-hybridized carbons (Fsp3) is 0.593. The highest BCUT2D eigenvalue weighted by atomic mass is 16.7. The number of carboxylic acids is 1. The summed E-state index contributed by atoms with van der Waals surface area (Å²) in [6.45, 7) is 5.58. The number of likely N-dealkylation sites (tertiary alicyclic amines) is 1. The molecule has 0 spiro atoms. The van der Waals surface area contributed by atoms with Crippen LogP contribution >= 0.6 is 0 Å². The van der Waals surface area contributed by atoms with Crippen molar-refractivity contribution in [1.29, 1.82) is 0 Å². The summed E-state index contributed by atoms with van der Waals surface area (Å²) in [6.07, 6.45) is 4.39. The number of fused-ring (bicyclic) bond motifs is 1. The van der Waals surface area contributed by atoms with Crippen LogP contribution in [0, 0.1) is 12.8 Å². The molecule has 3 heterocycles. The lowest BCUT2D eigenvalue weighted by atomic mass is 9.83. The highest BCUT2D eigenvalue weighted by Crippen LogP contribution is 2.44. The van der Waals surface area contributed by atoms with Crippen LogP contribution in [-0.4, -0.2) is 82.4 Å². The fourth-order valence-corrected chi connectivity index (χ4v) is 5.56. The molecule has 38 heavy (non-hydrogen) atoms. The van der Waals surface area contributed by atoms with E-state index in [2.05, 4.69) is 11.9 Å². The van der Waals surface area contributed by atoms with Crippen LogP contribution in [0.1, 0.15) is 54.9 Å². The first kappa shape index (κ1) is 27.9. The standard InChI is InChI=1S/C27H38N4O7/c1-3-4-8-30(9-7-28)24(33)14-31-13-20(18-10-19(15-32)26-22(11-18)36-16-37-26)25(27(34)35)21(31)5-6-23-29-12-17(2)38-23/h10-12,20-21,25,32H,3-9,13-16,28H2,1-2H3,(H,34,35)/t20-,21+,25-/m1/s1. The van der Waals surface area contributed by atoms with Gasteiger partial charge < -0.3 is 34.7 Å². The number of oxazole rings is 1. The van der Waals surface area contributed by atoms with Crippen molar-refractivity contribution in [2.45, 2.75) is 58.1 Å². The average molecular weight is 531 g/mol. The third-order valence-electron chi connectivity index (χ3n) is 7.40. The highest BCUT2D eigenvalue weighted by Gasteiger charge is 2.47. The van der Waals surface area contributed by atoms with Gasteiger partial charge in [0.05, 0.1) is 25.3 Å². The number of aryl methyl sites for hydroxylation is 2. The van der Waals surface area contributed by atoms with Gasteiger partial charge in [0, 0.05) is 50.1 Å². The third-order valence-corrected chi connectivity index (χ3v) is 7.40. The van der Waals surface area contributed by atoms with Crippen molar-refractivity contribution < 1.29 is 33.7 Å². The summed E-state index contributed by atoms with van der Waals surface area (Å²) in [6, 6.07) is 3.15. The number of benzene rings is 1. The first-order valence-electron chi connectivity index (χ1n) is 13.3. The molecular weight excluding hydrogens is 492 g/mol. The number of ether oxygens (including phenoxy) is 2. The molecule has 1 saturated heterocycles. The summed E-state index contributed by atoms with van der Waals surface area (Å²) in [7, 11) is 0. The topological polar surface area (TPSA) is 152 Å². The zero-order valence-electron chi connectivity index (χ0n) is 22.1. The average Bonchev–Trinajstić information content (AvgIpc) is 3.62.